The van der Waals surface area contributed by atoms with Crippen molar-refractivity contribution in [3.05, 3.63) is 53.6 Å². The Morgan fingerprint density at radius 1 is 1.23 bits per heavy atom. The Balaban J connectivity index is 1.61. The predicted octanol–water partition coefficient (Wildman–Crippen LogP) is 1.29. The lowest BCUT2D eigenvalue weighted by atomic mass is 10.2. The van der Waals surface area contributed by atoms with Crippen molar-refractivity contribution < 1.29 is 13.9 Å². The van der Waals surface area contributed by atoms with Gasteiger partial charge in [-0.15, -0.1) is 15.3 Å². The molecule has 2 heterocycles. The fraction of sp³-hybridized carbons (Fsp3) is 0.294. The van der Waals surface area contributed by atoms with E-state index in [-0.39, 0.29) is 11.5 Å². The lowest BCUT2D eigenvalue weighted by molar-refractivity contribution is 0.0953. The third-order valence-corrected chi connectivity index (χ3v) is 3.66. The number of ether oxygens (including phenoxy) is 1. The Morgan fingerprint density at radius 2 is 2.12 bits per heavy atom. The summed E-state index contributed by atoms with van der Waals surface area (Å²) in [6.45, 7) is 1.54. The van der Waals surface area contributed by atoms with Gasteiger partial charge in [0.05, 0.1) is 6.61 Å². The van der Waals surface area contributed by atoms with E-state index in [1.165, 1.54) is 18.2 Å². The van der Waals surface area contributed by atoms with Crippen molar-refractivity contribution in [1.82, 2.24) is 25.1 Å². The standard InChI is InChI=1S/C17H19FN6O2/c1-26-10-9-19-14-5-6-15-21-22-16(24(15)23-14)7-8-20-17(25)12-3-2-4-13(18)11-12/h2-6,11H,7-10H2,1H3,(H,19,23)(H,20,25). The number of carbonyl (C=O) groups excluding carboxylic acids is 1. The van der Waals surface area contributed by atoms with Crippen LogP contribution in [-0.4, -0.2) is 52.5 Å². The molecule has 0 unspecified atom stereocenters. The number of hydrogen-bond acceptors (Lipinski definition) is 6. The summed E-state index contributed by atoms with van der Waals surface area (Å²) in [7, 11) is 1.63. The lowest BCUT2D eigenvalue weighted by Crippen LogP contribution is -2.26. The quantitative estimate of drug-likeness (QED) is 0.590. The van der Waals surface area contributed by atoms with Gasteiger partial charge in [0.25, 0.3) is 5.91 Å². The monoisotopic (exact) mass is 358 g/mol. The van der Waals surface area contributed by atoms with Crippen molar-refractivity contribution in [2.45, 2.75) is 6.42 Å². The van der Waals surface area contributed by atoms with E-state index in [1.54, 1.807) is 17.7 Å². The molecular formula is C17H19FN6O2. The zero-order chi connectivity index (χ0) is 18.4. The normalized spacial score (nSPS) is 10.8. The summed E-state index contributed by atoms with van der Waals surface area (Å²) in [6.07, 6.45) is 0.441. The SMILES string of the molecule is COCCNc1ccc2nnc(CCNC(=O)c3cccc(F)c3)n2n1. The minimum absolute atomic E-state index is 0.277. The van der Waals surface area contributed by atoms with E-state index in [2.05, 4.69) is 25.9 Å². The summed E-state index contributed by atoms with van der Waals surface area (Å²) in [4.78, 5) is 12.0. The van der Waals surface area contributed by atoms with Crippen LogP contribution in [0.5, 0.6) is 0 Å². The molecule has 0 aliphatic carbocycles. The summed E-state index contributed by atoms with van der Waals surface area (Å²) in [6, 6.07) is 9.17. The molecule has 2 N–H and O–H groups in total. The second-order valence-electron chi connectivity index (χ2n) is 5.54. The number of nitrogens with one attached hydrogen (secondary N) is 2. The summed E-state index contributed by atoms with van der Waals surface area (Å²) >= 11 is 0. The number of carbonyl (C=O) groups is 1. The van der Waals surface area contributed by atoms with Gasteiger partial charge in [-0.1, -0.05) is 6.07 Å². The number of halogens is 1. The van der Waals surface area contributed by atoms with Gasteiger partial charge in [-0.25, -0.2) is 4.39 Å². The molecule has 8 nitrogen and oxygen atoms in total. The fourth-order valence-corrected chi connectivity index (χ4v) is 2.38. The van der Waals surface area contributed by atoms with Gasteiger partial charge < -0.3 is 15.4 Å². The second-order valence-corrected chi connectivity index (χ2v) is 5.54. The first-order valence-electron chi connectivity index (χ1n) is 8.15. The molecule has 0 aliphatic heterocycles. The second kappa shape index (κ2) is 8.34. The minimum atomic E-state index is -0.446. The van der Waals surface area contributed by atoms with Crippen LogP contribution in [0.2, 0.25) is 0 Å². The van der Waals surface area contributed by atoms with Crippen LogP contribution >= 0.6 is 0 Å². The van der Waals surface area contributed by atoms with Gasteiger partial charge in [-0.3, -0.25) is 4.79 Å². The summed E-state index contributed by atoms with van der Waals surface area (Å²) in [5.41, 5.74) is 0.896. The Labute approximate surface area is 149 Å². The summed E-state index contributed by atoms with van der Waals surface area (Å²) in [5.74, 6) is 0.515. The van der Waals surface area contributed by atoms with Crippen molar-refractivity contribution in [3.8, 4) is 0 Å². The molecule has 26 heavy (non-hydrogen) atoms. The van der Waals surface area contributed by atoms with E-state index in [4.69, 9.17) is 4.74 Å². The Hall–Kier alpha value is -3.07. The van der Waals surface area contributed by atoms with Crippen molar-refractivity contribution >= 4 is 17.4 Å². The largest absolute Gasteiger partial charge is 0.383 e. The van der Waals surface area contributed by atoms with Crippen LogP contribution in [0.4, 0.5) is 10.2 Å². The van der Waals surface area contributed by atoms with Crippen LogP contribution in [-0.2, 0) is 11.2 Å². The lowest BCUT2D eigenvalue weighted by Gasteiger charge is -2.06. The maximum Gasteiger partial charge on any atom is 0.251 e. The molecule has 0 saturated carbocycles. The number of aromatic nitrogens is 4. The van der Waals surface area contributed by atoms with E-state index in [0.29, 0.717) is 43.4 Å². The Bertz CT molecular complexity index is 898. The van der Waals surface area contributed by atoms with E-state index < -0.39 is 5.82 Å². The number of rotatable bonds is 8. The minimum Gasteiger partial charge on any atom is -0.383 e. The van der Waals surface area contributed by atoms with Crippen LogP contribution in [0.1, 0.15) is 16.2 Å². The molecule has 0 radical (unpaired) electrons. The third kappa shape index (κ3) is 4.31. The van der Waals surface area contributed by atoms with Crippen LogP contribution < -0.4 is 10.6 Å². The predicted molar refractivity (Wildman–Crippen MR) is 93.6 cm³/mol. The molecular weight excluding hydrogens is 339 g/mol. The van der Waals surface area contributed by atoms with Crippen molar-refractivity contribution in [3.63, 3.8) is 0 Å². The fourth-order valence-electron chi connectivity index (χ4n) is 2.38. The highest BCUT2D eigenvalue weighted by Crippen LogP contribution is 2.08. The van der Waals surface area contributed by atoms with E-state index >= 15 is 0 Å². The van der Waals surface area contributed by atoms with Gasteiger partial charge in [0, 0.05) is 32.2 Å². The molecule has 1 amide bonds. The smallest absolute Gasteiger partial charge is 0.251 e. The molecule has 0 fully saturated rings. The first kappa shape index (κ1) is 17.7. The molecule has 136 valence electrons. The van der Waals surface area contributed by atoms with Crippen molar-refractivity contribution in [2.75, 3.05) is 32.1 Å². The molecule has 3 rings (SSSR count). The highest BCUT2D eigenvalue weighted by atomic mass is 19.1. The maximum atomic E-state index is 13.2. The van der Waals surface area contributed by atoms with Crippen LogP contribution in [0.15, 0.2) is 36.4 Å². The van der Waals surface area contributed by atoms with Crippen LogP contribution in [0.25, 0.3) is 5.65 Å². The van der Waals surface area contributed by atoms with Crippen molar-refractivity contribution in [1.29, 1.82) is 0 Å². The van der Waals surface area contributed by atoms with E-state index in [9.17, 15) is 9.18 Å². The average molecular weight is 358 g/mol. The topological polar surface area (TPSA) is 93.4 Å². The number of amides is 1. The zero-order valence-electron chi connectivity index (χ0n) is 14.3. The molecule has 0 atom stereocenters. The van der Waals surface area contributed by atoms with Gasteiger partial charge in [-0.2, -0.15) is 4.52 Å². The number of hydrogen-bond donors (Lipinski definition) is 2. The van der Waals surface area contributed by atoms with Gasteiger partial charge in [0.1, 0.15) is 11.6 Å². The number of benzene rings is 1. The Morgan fingerprint density at radius 3 is 2.92 bits per heavy atom. The highest BCUT2D eigenvalue weighted by Gasteiger charge is 2.10. The number of anilines is 1. The number of methoxy groups -OCH3 is 1. The highest BCUT2D eigenvalue weighted by molar-refractivity contribution is 5.94. The summed E-state index contributed by atoms with van der Waals surface area (Å²) in [5, 5.41) is 18.5. The van der Waals surface area contributed by atoms with Crippen LogP contribution in [0.3, 0.4) is 0 Å². The molecule has 0 bridgehead atoms. The van der Waals surface area contributed by atoms with E-state index in [0.717, 1.165) is 0 Å². The first-order valence-corrected chi connectivity index (χ1v) is 8.15. The maximum absolute atomic E-state index is 13.2. The molecule has 1 aromatic carbocycles. The van der Waals surface area contributed by atoms with Gasteiger partial charge >= 0.3 is 0 Å². The number of fused-ring (bicyclic) bond motifs is 1. The third-order valence-electron chi connectivity index (χ3n) is 3.66. The zero-order valence-corrected chi connectivity index (χ0v) is 14.3. The van der Waals surface area contributed by atoms with Gasteiger partial charge in [0.2, 0.25) is 0 Å². The Kier molecular flexibility index (Phi) is 5.69. The average Bonchev–Trinajstić information content (AvgIpc) is 3.04. The number of nitrogens with zero attached hydrogens (tertiary/aromatic N) is 4. The van der Waals surface area contributed by atoms with Gasteiger partial charge in [0.15, 0.2) is 11.5 Å². The van der Waals surface area contributed by atoms with E-state index in [1.807, 2.05) is 12.1 Å². The molecule has 3 aromatic rings. The molecule has 0 aliphatic rings. The van der Waals surface area contributed by atoms with Gasteiger partial charge in [-0.05, 0) is 30.3 Å². The molecule has 9 heteroatoms. The molecule has 2 aromatic heterocycles. The van der Waals surface area contributed by atoms with Crippen molar-refractivity contribution in [2.24, 2.45) is 0 Å². The summed E-state index contributed by atoms with van der Waals surface area (Å²) < 4.78 is 19.8. The van der Waals surface area contributed by atoms with Crippen LogP contribution in [0, 0.1) is 5.82 Å². The first-order chi connectivity index (χ1) is 12.7. The molecule has 0 spiro atoms. The molecule has 0 saturated heterocycles.